The lowest BCUT2D eigenvalue weighted by atomic mass is 10.0. The maximum atomic E-state index is 14.3. The molecule has 1 heterocycles. The zero-order valence-electron chi connectivity index (χ0n) is 13.8. The van der Waals surface area contributed by atoms with Crippen LogP contribution in [0.3, 0.4) is 0 Å². The minimum absolute atomic E-state index is 0.247. The number of rotatable bonds is 7. The van der Waals surface area contributed by atoms with Crippen molar-refractivity contribution in [2.75, 3.05) is 6.61 Å². The fraction of sp³-hybridized carbons (Fsp3) is 0.353. The van der Waals surface area contributed by atoms with Gasteiger partial charge in [0, 0.05) is 26.3 Å². The first-order valence-corrected chi connectivity index (χ1v) is 11.6. The van der Waals surface area contributed by atoms with Crippen LogP contribution in [0.15, 0.2) is 30.8 Å². The summed E-state index contributed by atoms with van der Waals surface area (Å²) in [5.74, 6) is -0.331. The topological polar surface area (TPSA) is 27.1 Å². The molecular weight excluding hydrogens is 331 g/mol. The van der Waals surface area contributed by atoms with Crippen LogP contribution in [0.4, 0.5) is 4.39 Å². The predicted octanol–water partition coefficient (Wildman–Crippen LogP) is 5.30. The lowest BCUT2D eigenvalue weighted by Crippen LogP contribution is -2.22. The second kappa shape index (κ2) is 7.42. The first kappa shape index (κ1) is 17.9. The Morgan fingerprint density at radius 2 is 2.13 bits per heavy atom. The van der Waals surface area contributed by atoms with Gasteiger partial charge in [-0.25, -0.2) is 9.07 Å². The molecule has 0 saturated carbocycles. The highest BCUT2D eigenvalue weighted by molar-refractivity contribution is 6.76. The van der Waals surface area contributed by atoms with Crippen molar-refractivity contribution in [3.63, 3.8) is 0 Å². The molecule has 0 N–H and O–H groups in total. The zero-order valence-corrected chi connectivity index (χ0v) is 15.5. The fourth-order valence-corrected chi connectivity index (χ4v) is 3.15. The van der Waals surface area contributed by atoms with Crippen LogP contribution in [-0.4, -0.2) is 24.5 Å². The Balaban J connectivity index is 2.23. The van der Waals surface area contributed by atoms with Crippen molar-refractivity contribution < 1.29 is 9.13 Å². The van der Waals surface area contributed by atoms with E-state index >= 15 is 0 Å². The zero-order chi connectivity index (χ0) is 17.0. The minimum Gasteiger partial charge on any atom is -0.360 e. The molecule has 0 spiro atoms. The normalized spacial score (nSPS) is 11.7. The molecular formula is C17H22ClFN2OSi. The molecule has 3 nitrogen and oxygen atoms in total. The van der Waals surface area contributed by atoms with Crippen molar-refractivity contribution in [2.24, 2.45) is 0 Å². The average molecular weight is 353 g/mol. The minimum atomic E-state index is -1.15. The van der Waals surface area contributed by atoms with Gasteiger partial charge in [-0.1, -0.05) is 56.0 Å². The van der Waals surface area contributed by atoms with Gasteiger partial charge in [-0.05, 0) is 17.7 Å². The molecule has 6 heteroatoms. The van der Waals surface area contributed by atoms with E-state index in [2.05, 4.69) is 31.3 Å². The van der Waals surface area contributed by atoms with Crippen LogP contribution >= 0.6 is 11.6 Å². The van der Waals surface area contributed by atoms with E-state index < -0.39 is 8.07 Å². The first-order valence-electron chi connectivity index (χ1n) is 7.54. The summed E-state index contributed by atoms with van der Waals surface area (Å²) in [6, 6.07) is 7.59. The van der Waals surface area contributed by atoms with Crippen molar-refractivity contribution in [1.29, 1.82) is 0 Å². The van der Waals surface area contributed by atoms with Gasteiger partial charge >= 0.3 is 0 Å². The SMILES string of the molecule is C=Cc1cccc(F)c1-c1cc(Cl)nn1COCC[Si](C)(C)C. The highest BCUT2D eigenvalue weighted by Crippen LogP contribution is 2.29. The summed E-state index contributed by atoms with van der Waals surface area (Å²) in [5.41, 5.74) is 1.73. The van der Waals surface area contributed by atoms with E-state index in [0.717, 1.165) is 6.04 Å². The molecule has 0 aliphatic rings. The molecule has 0 radical (unpaired) electrons. The maximum Gasteiger partial charge on any atom is 0.151 e. The quantitative estimate of drug-likeness (QED) is 0.499. The molecule has 2 aromatic rings. The van der Waals surface area contributed by atoms with Gasteiger partial charge in [0.15, 0.2) is 5.15 Å². The van der Waals surface area contributed by atoms with Crippen molar-refractivity contribution >= 4 is 25.8 Å². The van der Waals surface area contributed by atoms with Gasteiger partial charge in [0.1, 0.15) is 12.5 Å². The third kappa shape index (κ3) is 4.77. The van der Waals surface area contributed by atoms with Gasteiger partial charge in [0.25, 0.3) is 0 Å². The molecule has 0 amide bonds. The van der Waals surface area contributed by atoms with Gasteiger partial charge < -0.3 is 4.74 Å². The molecule has 0 atom stereocenters. The monoisotopic (exact) mass is 352 g/mol. The Kier molecular flexibility index (Phi) is 5.78. The lowest BCUT2D eigenvalue weighted by molar-refractivity contribution is 0.0798. The Labute approximate surface area is 142 Å². The van der Waals surface area contributed by atoms with Crippen molar-refractivity contribution in [3.8, 4) is 11.3 Å². The number of nitrogens with zero attached hydrogens (tertiary/aromatic N) is 2. The molecule has 0 saturated heterocycles. The van der Waals surface area contributed by atoms with E-state index in [0.29, 0.717) is 28.6 Å². The Morgan fingerprint density at radius 1 is 1.39 bits per heavy atom. The molecule has 0 aliphatic carbocycles. The molecule has 0 aliphatic heterocycles. The van der Waals surface area contributed by atoms with Gasteiger partial charge in [-0.3, -0.25) is 0 Å². The third-order valence-electron chi connectivity index (χ3n) is 3.48. The summed E-state index contributed by atoms with van der Waals surface area (Å²) < 4.78 is 21.6. The van der Waals surface area contributed by atoms with E-state index in [9.17, 15) is 4.39 Å². The van der Waals surface area contributed by atoms with E-state index in [1.807, 2.05) is 6.07 Å². The van der Waals surface area contributed by atoms with Crippen molar-refractivity contribution in [3.05, 3.63) is 47.4 Å². The number of hydrogen-bond donors (Lipinski definition) is 0. The number of benzene rings is 1. The van der Waals surface area contributed by atoms with Crippen LogP contribution in [0.2, 0.25) is 30.8 Å². The second-order valence-corrected chi connectivity index (χ2v) is 12.6. The molecule has 0 unspecified atom stereocenters. The molecule has 0 bridgehead atoms. The average Bonchev–Trinajstić information content (AvgIpc) is 2.83. The molecule has 0 fully saturated rings. The molecule has 23 heavy (non-hydrogen) atoms. The van der Waals surface area contributed by atoms with Crippen LogP contribution in [0.1, 0.15) is 5.56 Å². The molecule has 1 aromatic heterocycles. The van der Waals surface area contributed by atoms with Crippen LogP contribution in [0, 0.1) is 5.82 Å². The Bertz CT molecular complexity index is 694. The standard InChI is InChI=1S/C17H22ClFN2OSi/c1-5-13-7-6-8-14(19)17(13)15-11-16(18)20-21(15)12-22-9-10-23(2,3)4/h5-8,11H,1,9-10,12H2,2-4H3. The van der Waals surface area contributed by atoms with Gasteiger partial charge in [0.2, 0.25) is 0 Å². The summed E-state index contributed by atoms with van der Waals surface area (Å²) in [6.45, 7) is 11.5. The fourth-order valence-electron chi connectivity index (χ4n) is 2.20. The maximum absolute atomic E-state index is 14.3. The number of halogens is 2. The molecule has 124 valence electrons. The van der Waals surface area contributed by atoms with Gasteiger partial charge in [0.05, 0.1) is 5.69 Å². The lowest BCUT2D eigenvalue weighted by Gasteiger charge is -2.16. The van der Waals surface area contributed by atoms with E-state index in [4.69, 9.17) is 16.3 Å². The van der Waals surface area contributed by atoms with Gasteiger partial charge in [-0.2, -0.15) is 5.10 Å². The summed E-state index contributed by atoms with van der Waals surface area (Å²) in [6.07, 6.45) is 1.62. The van der Waals surface area contributed by atoms with Crippen molar-refractivity contribution in [1.82, 2.24) is 9.78 Å². The van der Waals surface area contributed by atoms with Gasteiger partial charge in [-0.15, -0.1) is 0 Å². The van der Waals surface area contributed by atoms with Crippen molar-refractivity contribution in [2.45, 2.75) is 32.4 Å². The Hall–Kier alpha value is -1.43. The third-order valence-corrected chi connectivity index (χ3v) is 5.37. The van der Waals surface area contributed by atoms with Crippen LogP contribution in [-0.2, 0) is 11.5 Å². The highest BCUT2D eigenvalue weighted by atomic mass is 35.5. The van der Waals surface area contributed by atoms with Crippen LogP contribution < -0.4 is 0 Å². The number of ether oxygens (including phenoxy) is 1. The summed E-state index contributed by atoms with van der Waals surface area (Å²) in [7, 11) is -1.15. The molecule has 2 rings (SSSR count). The number of hydrogen-bond acceptors (Lipinski definition) is 2. The summed E-state index contributed by atoms with van der Waals surface area (Å²) >= 11 is 6.02. The Morgan fingerprint density at radius 3 is 2.78 bits per heavy atom. The highest BCUT2D eigenvalue weighted by Gasteiger charge is 2.17. The summed E-state index contributed by atoms with van der Waals surface area (Å²) in [4.78, 5) is 0. The van der Waals surface area contributed by atoms with Crippen LogP contribution in [0.5, 0.6) is 0 Å². The number of aromatic nitrogens is 2. The van der Waals surface area contributed by atoms with Crippen LogP contribution in [0.25, 0.3) is 17.3 Å². The van der Waals surface area contributed by atoms with E-state index in [1.165, 1.54) is 6.07 Å². The predicted molar refractivity (Wildman–Crippen MR) is 96.8 cm³/mol. The largest absolute Gasteiger partial charge is 0.360 e. The smallest absolute Gasteiger partial charge is 0.151 e. The second-order valence-electron chi connectivity index (χ2n) is 6.61. The first-order chi connectivity index (χ1) is 10.8. The molecule has 1 aromatic carbocycles. The summed E-state index contributed by atoms with van der Waals surface area (Å²) in [5, 5.41) is 4.52. The van der Waals surface area contributed by atoms with E-state index in [1.54, 1.807) is 22.9 Å². The van der Waals surface area contributed by atoms with E-state index in [-0.39, 0.29) is 12.5 Å².